The Morgan fingerprint density at radius 3 is 2.52 bits per heavy atom. The van der Waals surface area contributed by atoms with Gasteiger partial charge in [0.15, 0.2) is 0 Å². The minimum Gasteiger partial charge on any atom is -0.508 e. The summed E-state index contributed by atoms with van der Waals surface area (Å²) in [5, 5.41) is 12.0. The molecule has 2 fully saturated rings. The normalized spacial score (nSPS) is 15.8. The number of nitrogens with zero attached hydrogens (tertiary/aromatic N) is 1. The van der Waals surface area contributed by atoms with Gasteiger partial charge in [0.2, 0.25) is 5.91 Å². The highest BCUT2D eigenvalue weighted by atomic mass is 16.5. The summed E-state index contributed by atoms with van der Waals surface area (Å²) in [5.74, 6) is 2.31. The summed E-state index contributed by atoms with van der Waals surface area (Å²) in [6.45, 7) is 4.43. The van der Waals surface area contributed by atoms with Crippen molar-refractivity contribution in [1.82, 2.24) is 5.32 Å². The van der Waals surface area contributed by atoms with Gasteiger partial charge in [-0.2, -0.15) is 0 Å². The van der Waals surface area contributed by atoms with E-state index < -0.39 is 0 Å². The van der Waals surface area contributed by atoms with Crippen LogP contribution in [0.4, 0.5) is 5.69 Å². The highest BCUT2D eigenvalue weighted by molar-refractivity contribution is 5.95. The summed E-state index contributed by atoms with van der Waals surface area (Å²) in [5.41, 5.74) is 3.53. The van der Waals surface area contributed by atoms with Crippen molar-refractivity contribution in [3.63, 3.8) is 0 Å². The van der Waals surface area contributed by atoms with Crippen molar-refractivity contribution in [3.8, 4) is 11.5 Å². The number of phenolic OH excluding ortho intramolecular Hbond substituents is 1. The third-order valence-corrected chi connectivity index (χ3v) is 5.36. The summed E-state index contributed by atoms with van der Waals surface area (Å²) in [4.78, 5) is 13.6. The minimum absolute atomic E-state index is 0.228. The SMILES string of the molecule is CCc1cc(N2CCCC2=O)ccc1OCCNC.Oc1ccc(C2CC2)cc1. The van der Waals surface area contributed by atoms with Crippen molar-refractivity contribution in [1.29, 1.82) is 0 Å². The van der Waals surface area contributed by atoms with Crippen LogP contribution in [0.5, 0.6) is 11.5 Å². The summed E-state index contributed by atoms with van der Waals surface area (Å²) >= 11 is 0. The summed E-state index contributed by atoms with van der Waals surface area (Å²) < 4.78 is 5.75. The van der Waals surface area contributed by atoms with E-state index in [1.807, 2.05) is 36.2 Å². The number of carbonyl (C=O) groups excluding carboxylic acids is 1. The fraction of sp³-hybridized carbons (Fsp3) is 0.458. The molecule has 0 spiro atoms. The molecule has 1 heterocycles. The first-order chi connectivity index (χ1) is 14.1. The van der Waals surface area contributed by atoms with E-state index in [4.69, 9.17) is 9.84 Å². The molecule has 1 aliphatic heterocycles. The molecular weight excluding hydrogens is 364 g/mol. The molecule has 1 saturated carbocycles. The lowest BCUT2D eigenvalue weighted by Gasteiger charge is -2.18. The van der Waals surface area contributed by atoms with E-state index in [1.54, 1.807) is 12.1 Å². The van der Waals surface area contributed by atoms with Crippen LogP contribution < -0.4 is 15.0 Å². The number of phenols is 1. The summed E-state index contributed by atoms with van der Waals surface area (Å²) in [6, 6.07) is 13.6. The highest BCUT2D eigenvalue weighted by Crippen LogP contribution is 2.40. The van der Waals surface area contributed by atoms with E-state index in [-0.39, 0.29) is 5.91 Å². The standard InChI is InChI=1S/C15H22N2O2.C9H10O/c1-3-12-11-13(17-9-4-5-15(17)18)6-7-14(12)19-10-8-16-2;10-9-5-3-8(4-6-9)7-1-2-7/h6-7,11,16H,3-5,8-10H2,1-2H3;3-7,10H,1-2H2. The molecule has 1 aliphatic carbocycles. The lowest BCUT2D eigenvalue weighted by molar-refractivity contribution is -0.117. The van der Waals surface area contributed by atoms with Crippen LogP contribution in [0.15, 0.2) is 42.5 Å². The maximum atomic E-state index is 11.8. The third-order valence-electron chi connectivity index (χ3n) is 5.36. The first-order valence-corrected chi connectivity index (χ1v) is 10.6. The second-order valence-electron chi connectivity index (χ2n) is 7.61. The van der Waals surface area contributed by atoms with Crippen LogP contribution in [-0.2, 0) is 11.2 Å². The molecule has 5 nitrogen and oxygen atoms in total. The zero-order valence-corrected chi connectivity index (χ0v) is 17.5. The number of carbonyl (C=O) groups is 1. The number of aryl methyl sites for hydroxylation is 1. The maximum absolute atomic E-state index is 11.8. The van der Waals surface area contributed by atoms with E-state index >= 15 is 0 Å². The number of rotatable bonds is 7. The Morgan fingerprint density at radius 1 is 1.17 bits per heavy atom. The second-order valence-corrected chi connectivity index (χ2v) is 7.61. The van der Waals surface area contributed by atoms with Gasteiger partial charge in [-0.1, -0.05) is 19.1 Å². The fourth-order valence-electron chi connectivity index (χ4n) is 3.50. The molecule has 0 unspecified atom stereocenters. The minimum atomic E-state index is 0.228. The Hall–Kier alpha value is -2.53. The molecule has 2 aliphatic rings. The topological polar surface area (TPSA) is 61.8 Å². The number of hydrogen-bond acceptors (Lipinski definition) is 4. The first kappa shape index (κ1) is 21.2. The van der Waals surface area contributed by atoms with Crippen molar-refractivity contribution in [2.24, 2.45) is 0 Å². The van der Waals surface area contributed by atoms with Crippen LogP contribution >= 0.6 is 0 Å². The van der Waals surface area contributed by atoms with Gasteiger partial charge in [0.05, 0.1) is 0 Å². The molecule has 1 saturated heterocycles. The smallest absolute Gasteiger partial charge is 0.227 e. The fourth-order valence-corrected chi connectivity index (χ4v) is 3.50. The van der Waals surface area contributed by atoms with Crippen molar-refractivity contribution in [2.75, 3.05) is 31.6 Å². The van der Waals surface area contributed by atoms with Gasteiger partial charge in [0.25, 0.3) is 0 Å². The predicted molar refractivity (Wildman–Crippen MR) is 117 cm³/mol. The van der Waals surface area contributed by atoms with Crippen LogP contribution in [0, 0.1) is 0 Å². The monoisotopic (exact) mass is 396 g/mol. The number of benzene rings is 2. The van der Waals surface area contributed by atoms with Gasteiger partial charge >= 0.3 is 0 Å². The van der Waals surface area contributed by atoms with Crippen LogP contribution in [0.3, 0.4) is 0 Å². The Bertz CT molecular complexity index is 800. The first-order valence-electron chi connectivity index (χ1n) is 10.6. The molecule has 4 rings (SSSR count). The van der Waals surface area contributed by atoms with Crippen molar-refractivity contribution < 1.29 is 14.6 Å². The molecule has 1 amide bonds. The largest absolute Gasteiger partial charge is 0.508 e. The lowest BCUT2D eigenvalue weighted by atomic mass is 10.1. The van der Waals surface area contributed by atoms with Crippen molar-refractivity contribution in [2.45, 2.75) is 44.9 Å². The van der Waals surface area contributed by atoms with Crippen molar-refractivity contribution >= 4 is 11.6 Å². The molecule has 2 aromatic carbocycles. The Balaban J connectivity index is 0.000000200. The van der Waals surface area contributed by atoms with Gasteiger partial charge in [-0.05, 0) is 80.1 Å². The number of likely N-dealkylation sites (N-methyl/N-ethyl adjacent to an activating group) is 1. The predicted octanol–water partition coefficient (Wildman–Crippen LogP) is 4.24. The van der Waals surface area contributed by atoms with Crippen LogP contribution in [0.25, 0.3) is 0 Å². The van der Waals surface area contributed by atoms with Gasteiger partial charge in [0, 0.05) is 25.2 Å². The van der Waals surface area contributed by atoms with Gasteiger partial charge in [-0.3, -0.25) is 4.79 Å². The molecule has 2 N–H and O–H groups in total. The highest BCUT2D eigenvalue weighted by Gasteiger charge is 2.23. The zero-order chi connectivity index (χ0) is 20.6. The van der Waals surface area contributed by atoms with E-state index in [1.165, 1.54) is 18.4 Å². The van der Waals surface area contributed by atoms with Gasteiger partial charge in [-0.25, -0.2) is 0 Å². The Kier molecular flexibility index (Phi) is 7.53. The van der Waals surface area contributed by atoms with Gasteiger partial charge in [-0.15, -0.1) is 0 Å². The number of amides is 1. The molecule has 5 heteroatoms. The van der Waals surface area contributed by atoms with Gasteiger partial charge in [0.1, 0.15) is 18.1 Å². The lowest BCUT2D eigenvalue weighted by Crippen LogP contribution is -2.23. The van der Waals surface area contributed by atoms with E-state index in [9.17, 15) is 4.79 Å². The number of ether oxygens (including phenoxy) is 1. The molecule has 0 atom stereocenters. The summed E-state index contributed by atoms with van der Waals surface area (Å²) in [7, 11) is 1.91. The van der Waals surface area contributed by atoms with Crippen LogP contribution in [-0.4, -0.2) is 37.8 Å². The van der Waals surface area contributed by atoms with Gasteiger partial charge < -0.3 is 20.1 Å². The van der Waals surface area contributed by atoms with Crippen molar-refractivity contribution in [3.05, 3.63) is 53.6 Å². The molecule has 29 heavy (non-hydrogen) atoms. The Labute approximate surface area is 173 Å². The molecule has 0 radical (unpaired) electrons. The maximum Gasteiger partial charge on any atom is 0.227 e. The molecule has 156 valence electrons. The summed E-state index contributed by atoms with van der Waals surface area (Å²) in [6.07, 6.45) is 5.18. The average Bonchev–Trinajstić information content (AvgIpc) is 3.50. The number of aromatic hydroxyl groups is 1. The van der Waals surface area contributed by atoms with Crippen LogP contribution in [0.2, 0.25) is 0 Å². The number of anilines is 1. The van der Waals surface area contributed by atoms with Crippen LogP contribution in [0.1, 0.15) is 49.7 Å². The quantitative estimate of drug-likeness (QED) is 0.687. The van der Waals surface area contributed by atoms with E-state index in [0.717, 1.165) is 48.8 Å². The molecule has 0 bridgehead atoms. The second kappa shape index (κ2) is 10.3. The zero-order valence-electron chi connectivity index (χ0n) is 17.5. The average molecular weight is 397 g/mol. The molecule has 2 aromatic rings. The van der Waals surface area contributed by atoms with E-state index in [0.29, 0.717) is 18.8 Å². The number of nitrogens with one attached hydrogen (secondary N) is 1. The number of hydrogen-bond donors (Lipinski definition) is 2. The molecular formula is C24H32N2O3. The van der Waals surface area contributed by atoms with E-state index in [2.05, 4.69) is 18.3 Å². The Morgan fingerprint density at radius 2 is 1.93 bits per heavy atom. The third kappa shape index (κ3) is 5.97. The molecule has 0 aromatic heterocycles.